The molecule has 0 spiro atoms. The highest BCUT2D eigenvalue weighted by Gasteiger charge is 2.10. The zero-order valence-corrected chi connectivity index (χ0v) is 21.0. The summed E-state index contributed by atoms with van der Waals surface area (Å²) in [5, 5.41) is 8.67. The molecule has 0 fully saturated rings. The van der Waals surface area contributed by atoms with Gasteiger partial charge in [0.25, 0.3) is 0 Å². The Balaban J connectivity index is 1.43. The number of aliphatic carboxylic acids is 1. The first-order valence-electron chi connectivity index (χ1n) is 12.2. The molecule has 1 N–H and O–H groups in total. The Bertz CT molecular complexity index is 1200. The number of ether oxygens (including phenoxy) is 4. The Morgan fingerprint density at radius 2 is 1.18 bits per heavy atom. The minimum absolute atomic E-state index is 0.0752. The highest BCUT2D eigenvalue weighted by molar-refractivity contribution is 5.91. The number of rotatable bonds is 15. The Morgan fingerprint density at radius 3 is 1.76 bits per heavy atom. The van der Waals surface area contributed by atoms with Gasteiger partial charge in [0.15, 0.2) is 0 Å². The van der Waals surface area contributed by atoms with Gasteiger partial charge < -0.3 is 24.1 Å². The fourth-order valence-corrected chi connectivity index (χ4v) is 3.35. The molecular weight excluding hydrogens is 488 g/mol. The summed E-state index contributed by atoms with van der Waals surface area (Å²) in [5.74, 6) is -0.0204. The molecular formula is C30H30O8. The van der Waals surface area contributed by atoms with Crippen LogP contribution in [0.1, 0.15) is 36.0 Å². The maximum atomic E-state index is 12.6. The average Bonchev–Trinajstić information content (AvgIpc) is 2.94. The largest absolute Gasteiger partial charge is 0.494 e. The zero-order chi connectivity index (χ0) is 27.2. The molecule has 3 aromatic rings. The van der Waals surface area contributed by atoms with Gasteiger partial charge in [0.05, 0.1) is 25.4 Å². The van der Waals surface area contributed by atoms with Crippen molar-refractivity contribution in [1.82, 2.24) is 0 Å². The number of unbranched alkanes of at least 4 members (excludes halogenated alkanes) is 1. The molecule has 0 atom stereocenters. The van der Waals surface area contributed by atoms with Crippen molar-refractivity contribution in [1.29, 1.82) is 0 Å². The molecule has 38 heavy (non-hydrogen) atoms. The van der Waals surface area contributed by atoms with Gasteiger partial charge in [-0.3, -0.25) is 4.79 Å². The van der Waals surface area contributed by atoms with E-state index in [2.05, 4.69) is 6.58 Å². The van der Waals surface area contributed by atoms with Crippen molar-refractivity contribution in [2.75, 3.05) is 19.8 Å². The Kier molecular flexibility index (Phi) is 10.9. The predicted octanol–water partition coefficient (Wildman–Crippen LogP) is 5.70. The Labute approximate surface area is 221 Å². The minimum Gasteiger partial charge on any atom is -0.494 e. The van der Waals surface area contributed by atoms with Crippen molar-refractivity contribution in [2.24, 2.45) is 0 Å². The lowest BCUT2D eigenvalue weighted by Crippen LogP contribution is -2.08. The maximum absolute atomic E-state index is 12.6. The Hall–Kier alpha value is -4.59. The van der Waals surface area contributed by atoms with E-state index >= 15 is 0 Å². The van der Waals surface area contributed by atoms with Crippen LogP contribution >= 0.6 is 0 Å². The van der Waals surface area contributed by atoms with Crippen LogP contribution in [0.15, 0.2) is 85.5 Å². The van der Waals surface area contributed by atoms with E-state index in [-0.39, 0.29) is 6.42 Å². The molecule has 0 bridgehead atoms. The van der Waals surface area contributed by atoms with Gasteiger partial charge in [0.1, 0.15) is 17.2 Å². The molecule has 0 heterocycles. The molecule has 0 aliphatic heterocycles. The summed E-state index contributed by atoms with van der Waals surface area (Å²) in [6, 6.07) is 21.3. The first-order chi connectivity index (χ1) is 18.4. The second-order valence-corrected chi connectivity index (χ2v) is 8.24. The average molecular weight is 519 g/mol. The molecule has 0 aromatic heterocycles. The normalized spacial score (nSPS) is 10.3. The molecule has 3 rings (SSSR count). The number of hydrogen-bond acceptors (Lipinski definition) is 7. The highest BCUT2D eigenvalue weighted by atomic mass is 16.5. The SMILES string of the molecule is C=CC(=O)OCCCCOc1ccc(OC(=O)c2ccc(-c3ccc(OCCCC(=O)O)cc3)cc2)cc1. The Morgan fingerprint density at radius 1 is 0.684 bits per heavy atom. The van der Waals surface area contributed by atoms with E-state index in [0.29, 0.717) is 55.5 Å². The first kappa shape index (κ1) is 28.0. The number of esters is 2. The van der Waals surface area contributed by atoms with Crippen molar-refractivity contribution in [3.8, 4) is 28.4 Å². The molecule has 0 radical (unpaired) electrons. The number of carboxylic acids is 1. The summed E-state index contributed by atoms with van der Waals surface area (Å²) >= 11 is 0. The van der Waals surface area contributed by atoms with Gasteiger partial charge in [0.2, 0.25) is 0 Å². The van der Waals surface area contributed by atoms with Crippen LogP contribution in [0, 0.1) is 0 Å². The van der Waals surface area contributed by atoms with E-state index < -0.39 is 17.9 Å². The fraction of sp³-hybridized carbons (Fsp3) is 0.233. The van der Waals surface area contributed by atoms with Gasteiger partial charge in [-0.25, -0.2) is 9.59 Å². The first-order valence-corrected chi connectivity index (χ1v) is 12.2. The molecule has 0 unspecified atom stereocenters. The quantitative estimate of drug-likeness (QED) is 0.118. The van der Waals surface area contributed by atoms with Crippen molar-refractivity contribution in [2.45, 2.75) is 25.7 Å². The smallest absolute Gasteiger partial charge is 0.343 e. The molecule has 0 saturated heterocycles. The maximum Gasteiger partial charge on any atom is 0.343 e. The summed E-state index contributed by atoms with van der Waals surface area (Å²) in [6.45, 7) is 4.48. The highest BCUT2D eigenvalue weighted by Crippen LogP contribution is 2.24. The van der Waals surface area contributed by atoms with Crippen LogP contribution in [-0.2, 0) is 14.3 Å². The molecule has 198 valence electrons. The summed E-state index contributed by atoms with van der Waals surface area (Å²) in [4.78, 5) is 34.1. The minimum atomic E-state index is -0.839. The number of carbonyl (C=O) groups is 3. The molecule has 0 amide bonds. The molecule has 8 heteroatoms. The lowest BCUT2D eigenvalue weighted by atomic mass is 10.0. The van der Waals surface area contributed by atoms with E-state index in [0.717, 1.165) is 23.6 Å². The number of benzene rings is 3. The second kappa shape index (κ2) is 14.8. The number of carbonyl (C=O) groups excluding carboxylic acids is 2. The van der Waals surface area contributed by atoms with E-state index in [1.807, 2.05) is 36.4 Å². The topological polar surface area (TPSA) is 108 Å². The molecule has 8 nitrogen and oxygen atoms in total. The van der Waals surface area contributed by atoms with Crippen molar-refractivity contribution in [3.63, 3.8) is 0 Å². The van der Waals surface area contributed by atoms with Gasteiger partial charge in [-0.15, -0.1) is 0 Å². The summed E-state index contributed by atoms with van der Waals surface area (Å²) in [7, 11) is 0. The lowest BCUT2D eigenvalue weighted by Gasteiger charge is -2.09. The van der Waals surface area contributed by atoms with E-state index in [1.54, 1.807) is 36.4 Å². The summed E-state index contributed by atoms with van der Waals surface area (Å²) in [6.07, 6.45) is 3.07. The van der Waals surface area contributed by atoms with Gasteiger partial charge in [0, 0.05) is 12.5 Å². The van der Waals surface area contributed by atoms with Crippen LogP contribution in [0.5, 0.6) is 17.2 Å². The lowest BCUT2D eigenvalue weighted by molar-refractivity contribution is -0.138. The third-order valence-corrected chi connectivity index (χ3v) is 5.36. The number of carboxylic acid groups (broad SMARTS) is 1. The van der Waals surface area contributed by atoms with Crippen LogP contribution in [0.2, 0.25) is 0 Å². The van der Waals surface area contributed by atoms with Crippen molar-refractivity contribution in [3.05, 3.63) is 91.0 Å². The molecule has 0 aliphatic carbocycles. The standard InChI is InChI=1S/C30H30O8/c1-2-29(33)37-20-4-3-19-35-26-15-17-27(18-16-26)38-30(34)24-9-7-22(8-10-24)23-11-13-25(14-12-23)36-21-5-6-28(31)32/h2,7-18H,1,3-6,19-21H2,(H,31,32). The van der Waals surface area contributed by atoms with Crippen LogP contribution in [0.4, 0.5) is 0 Å². The molecule has 3 aromatic carbocycles. The van der Waals surface area contributed by atoms with Crippen LogP contribution in [0.25, 0.3) is 11.1 Å². The van der Waals surface area contributed by atoms with Crippen LogP contribution in [-0.4, -0.2) is 42.8 Å². The number of hydrogen-bond donors (Lipinski definition) is 1. The van der Waals surface area contributed by atoms with Crippen molar-refractivity contribution >= 4 is 17.9 Å². The van der Waals surface area contributed by atoms with E-state index in [9.17, 15) is 14.4 Å². The monoisotopic (exact) mass is 518 g/mol. The van der Waals surface area contributed by atoms with Crippen LogP contribution in [0.3, 0.4) is 0 Å². The van der Waals surface area contributed by atoms with Gasteiger partial charge >= 0.3 is 17.9 Å². The zero-order valence-electron chi connectivity index (χ0n) is 21.0. The van der Waals surface area contributed by atoms with Gasteiger partial charge in [-0.1, -0.05) is 30.8 Å². The summed E-state index contributed by atoms with van der Waals surface area (Å²) < 4.78 is 21.6. The van der Waals surface area contributed by atoms with Crippen molar-refractivity contribution < 1.29 is 38.4 Å². The van der Waals surface area contributed by atoms with E-state index in [4.69, 9.17) is 24.1 Å². The van der Waals surface area contributed by atoms with Crippen LogP contribution < -0.4 is 14.2 Å². The fourth-order valence-electron chi connectivity index (χ4n) is 3.35. The third kappa shape index (κ3) is 9.46. The predicted molar refractivity (Wildman–Crippen MR) is 142 cm³/mol. The third-order valence-electron chi connectivity index (χ3n) is 5.36. The van der Waals surface area contributed by atoms with Gasteiger partial charge in [-0.2, -0.15) is 0 Å². The molecule has 0 aliphatic rings. The second-order valence-electron chi connectivity index (χ2n) is 8.24. The van der Waals surface area contributed by atoms with Gasteiger partial charge in [-0.05, 0) is 78.9 Å². The summed E-state index contributed by atoms with van der Waals surface area (Å²) in [5.41, 5.74) is 2.31. The van der Waals surface area contributed by atoms with E-state index in [1.165, 1.54) is 0 Å². The molecule has 0 saturated carbocycles.